The molecule has 0 aliphatic carbocycles. The lowest BCUT2D eigenvalue weighted by atomic mass is 10.3. The molecule has 0 fully saturated rings. The Morgan fingerprint density at radius 1 is 1.47 bits per heavy atom. The van der Waals surface area contributed by atoms with Crippen molar-refractivity contribution in [2.45, 2.75) is 19.8 Å². The van der Waals surface area contributed by atoms with Crippen molar-refractivity contribution in [1.82, 2.24) is 0 Å². The Hall–Kier alpha value is -1.75. The molecule has 0 amide bonds. The first kappa shape index (κ1) is 11.3. The van der Waals surface area contributed by atoms with Crippen LogP contribution in [0.2, 0.25) is 0 Å². The minimum absolute atomic E-state index is 0.0978. The molecule has 5 nitrogen and oxygen atoms in total. The molecule has 0 heterocycles. The molecule has 2 N–H and O–H groups in total. The number of hydrogen-bond donors (Lipinski definition) is 2. The van der Waals surface area contributed by atoms with Gasteiger partial charge in [0.15, 0.2) is 0 Å². The summed E-state index contributed by atoms with van der Waals surface area (Å²) in [5, 5.41) is 23.0. The van der Waals surface area contributed by atoms with Gasteiger partial charge in [-0.25, -0.2) is 0 Å². The first-order chi connectivity index (χ1) is 6.89. The molecule has 0 aliphatic heterocycles. The number of carbonyl (C=O) groups excluding carboxylic acids is 1. The van der Waals surface area contributed by atoms with Crippen molar-refractivity contribution >= 4 is 11.7 Å². The predicted molar refractivity (Wildman–Crippen MR) is 51.9 cm³/mol. The van der Waals surface area contributed by atoms with Crippen molar-refractivity contribution in [3.8, 4) is 5.75 Å². The van der Waals surface area contributed by atoms with E-state index in [-0.39, 0.29) is 5.75 Å². The van der Waals surface area contributed by atoms with Crippen molar-refractivity contribution in [3.63, 3.8) is 0 Å². The van der Waals surface area contributed by atoms with E-state index in [4.69, 9.17) is 5.11 Å². The number of phenolic OH excluding ortho intramolecular Hbond substituents is 1. The van der Waals surface area contributed by atoms with E-state index >= 15 is 0 Å². The molecule has 15 heavy (non-hydrogen) atoms. The summed E-state index contributed by atoms with van der Waals surface area (Å²) in [6, 6.07) is 5.86. The fourth-order valence-electron chi connectivity index (χ4n) is 1.11. The number of carbonyl (C=O) groups is 1. The number of ether oxygens (including phenoxy) is 1. The van der Waals surface area contributed by atoms with Gasteiger partial charge in [-0.3, -0.25) is 4.79 Å². The van der Waals surface area contributed by atoms with Crippen LogP contribution in [0, 0.1) is 0 Å². The molecular formula is C10H12NO4-. The Morgan fingerprint density at radius 3 is 2.47 bits per heavy atom. The number of hydrogen-bond acceptors (Lipinski definition) is 5. The maximum absolute atomic E-state index is 11.6. The standard InChI is InChI=1S/C10H12NO4/c1-7(12)15-10(2,14)11-8-3-5-9(13)6-4-8/h3-6,11,13H,1-2H3/q-1. The average molecular weight is 210 g/mol. The average Bonchev–Trinajstić information content (AvgIpc) is 2.06. The van der Waals surface area contributed by atoms with Gasteiger partial charge >= 0.3 is 5.97 Å². The number of esters is 1. The largest absolute Gasteiger partial charge is 0.802 e. The molecule has 1 unspecified atom stereocenters. The SMILES string of the molecule is CC(=O)OC(C)([O-])Nc1ccc(O)cc1. The first-order valence-corrected chi connectivity index (χ1v) is 4.36. The van der Waals surface area contributed by atoms with Crippen LogP contribution in [0.25, 0.3) is 0 Å². The lowest BCUT2D eigenvalue weighted by Gasteiger charge is -2.36. The molecule has 1 atom stereocenters. The van der Waals surface area contributed by atoms with E-state index in [1.165, 1.54) is 31.2 Å². The second kappa shape index (κ2) is 4.18. The molecule has 0 spiro atoms. The van der Waals surface area contributed by atoms with Crippen LogP contribution >= 0.6 is 0 Å². The van der Waals surface area contributed by atoms with Gasteiger partial charge in [0.05, 0.1) is 0 Å². The zero-order valence-corrected chi connectivity index (χ0v) is 8.48. The Kier molecular flexibility index (Phi) is 3.16. The van der Waals surface area contributed by atoms with Crippen molar-refractivity contribution < 1.29 is 19.7 Å². The number of anilines is 1. The minimum Gasteiger partial charge on any atom is -0.802 e. The molecule has 0 aromatic heterocycles. The Morgan fingerprint density at radius 2 is 2.00 bits per heavy atom. The monoisotopic (exact) mass is 210 g/mol. The predicted octanol–water partition coefficient (Wildman–Crippen LogP) is 0.401. The zero-order chi connectivity index (χ0) is 11.5. The van der Waals surface area contributed by atoms with E-state index in [0.717, 1.165) is 6.92 Å². The highest BCUT2D eigenvalue weighted by Gasteiger charge is 2.12. The van der Waals surface area contributed by atoms with Gasteiger partial charge in [0.2, 0.25) is 0 Å². The van der Waals surface area contributed by atoms with Crippen LogP contribution in [-0.2, 0) is 9.53 Å². The summed E-state index contributed by atoms with van der Waals surface area (Å²) in [4.78, 5) is 10.6. The molecule has 0 aliphatic rings. The molecule has 0 radical (unpaired) electrons. The normalized spacial score (nSPS) is 14.1. The second-order valence-electron chi connectivity index (χ2n) is 3.21. The minimum atomic E-state index is -2.01. The summed E-state index contributed by atoms with van der Waals surface area (Å²) in [6.45, 7) is 2.36. The van der Waals surface area contributed by atoms with Gasteiger partial charge in [-0.2, -0.15) is 0 Å². The maximum Gasteiger partial charge on any atom is 0.303 e. The second-order valence-corrected chi connectivity index (χ2v) is 3.21. The highest BCUT2D eigenvalue weighted by molar-refractivity contribution is 5.66. The van der Waals surface area contributed by atoms with Gasteiger partial charge in [0, 0.05) is 12.6 Å². The fraction of sp³-hybridized carbons (Fsp3) is 0.300. The van der Waals surface area contributed by atoms with Crippen LogP contribution in [0.4, 0.5) is 5.69 Å². The first-order valence-electron chi connectivity index (χ1n) is 4.36. The lowest BCUT2D eigenvalue weighted by Crippen LogP contribution is -2.51. The van der Waals surface area contributed by atoms with E-state index in [9.17, 15) is 9.90 Å². The Balaban J connectivity index is 2.68. The molecule has 1 aromatic rings. The molecule has 0 saturated heterocycles. The van der Waals surface area contributed by atoms with E-state index in [0.29, 0.717) is 5.69 Å². The number of nitrogens with one attached hydrogen (secondary N) is 1. The third-order valence-corrected chi connectivity index (χ3v) is 1.58. The van der Waals surface area contributed by atoms with Crippen LogP contribution in [-0.4, -0.2) is 17.0 Å². The number of rotatable bonds is 3. The lowest BCUT2D eigenvalue weighted by molar-refractivity contribution is -0.526. The quantitative estimate of drug-likeness (QED) is 0.428. The van der Waals surface area contributed by atoms with Crippen LogP contribution in [0.3, 0.4) is 0 Å². The van der Waals surface area contributed by atoms with Crippen molar-refractivity contribution in [1.29, 1.82) is 0 Å². The van der Waals surface area contributed by atoms with E-state index in [2.05, 4.69) is 10.1 Å². The molecule has 1 rings (SSSR count). The number of benzene rings is 1. The topological polar surface area (TPSA) is 81.6 Å². The van der Waals surface area contributed by atoms with Crippen molar-refractivity contribution in [2.75, 3.05) is 5.32 Å². The van der Waals surface area contributed by atoms with Crippen molar-refractivity contribution in [2.24, 2.45) is 0 Å². The molecule has 5 heteroatoms. The third kappa shape index (κ3) is 3.86. The third-order valence-electron chi connectivity index (χ3n) is 1.58. The summed E-state index contributed by atoms with van der Waals surface area (Å²) in [5.41, 5.74) is 0.464. The smallest absolute Gasteiger partial charge is 0.303 e. The summed E-state index contributed by atoms with van der Waals surface area (Å²) in [6.07, 6.45) is 0. The zero-order valence-electron chi connectivity index (χ0n) is 8.48. The highest BCUT2D eigenvalue weighted by Crippen LogP contribution is 2.16. The van der Waals surface area contributed by atoms with E-state index in [1.54, 1.807) is 0 Å². The molecule has 0 saturated carbocycles. The Bertz CT molecular complexity index is 345. The van der Waals surface area contributed by atoms with Gasteiger partial charge in [0.1, 0.15) is 11.7 Å². The van der Waals surface area contributed by atoms with Crippen LogP contribution in [0.5, 0.6) is 5.75 Å². The number of phenols is 1. The van der Waals surface area contributed by atoms with Gasteiger partial charge in [-0.1, -0.05) is 0 Å². The molecular weight excluding hydrogens is 198 g/mol. The van der Waals surface area contributed by atoms with Gasteiger partial charge in [-0.15, -0.1) is 0 Å². The van der Waals surface area contributed by atoms with Gasteiger partial charge in [-0.05, 0) is 31.2 Å². The highest BCUT2D eigenvalue weighted by atomic mass is 16.7. The Labute approximate surface area is 87.3 Å². The summed E-state index contributed by atoms with van der Waals surface area (Å²) in [7, 11) is 0. The van der Waals surface area contributed by atoms with Crippen LogP contribution in [0.15, 0.2) is 24.3 Å². The van der Waals surface area contributed by atoms with Gasteiger partial charge in [0.25, 0.3) is 0 Å². The van der Waals surface area contributed by atoms with Gasteiger partial charge < -0.3 is 20.3 Å². The van der Waals surface area contributed by atoms with E-state index < -0.39 is 11.9 Å². The summed E-state index contributed by atoms with van der Waals surface area (Å²) >= 11 is 0. The van der Waals surface area contributed by atoms with Crippen molar-refractivity contribution in [3.05, 3.63) is 24.3 Å². The molecule has 1 aromatic carbocycles. The summed E-state index contributed by atoms with van der Waals surface area (Å²) < 4.78 is 4.50. The molecule has 0 bridgehead atoms. The van der Waals surface area contributed by atoms with Crippen LogP contribution < -0.4 is 10.4 Å². The van der Waals surface area contributed by atoms with Crippen LogP contribution in [0.1, 0.15) is 13.8 Å². The van der Waals surface area contributed by atoms with E-state index in [1.807, 2.05) is 0 Å². The fourth-order valence-corrected chi connectivity index (χ4v) is 1.11. The number of aromatic hydroxyl groups is 1. The summed E-state index contributed by atoms with van der Waals surface area (Å²) in [5.74, 6) is -2.57. The maximum atomic E-state index is 11.6. The molecule has 82 valence electrons.